The molecule has 6 nitrogen and oxygen atoms in total. The minimum Gasteiger partial charge on any atom is -0.441 e. The van der Waals surface area contributed by atoms with Gasteiger partial charge in [-0.15, -0.1) is 0 Å². The fourth-order valence-electron chi connectivity index (χ4n) is 2.94. The van der Waals surface area contributed by atoms with E-state index in [0.717, 1.165) is 5.56 Å². The molecule has 0 saturated heterocycles. The summed E-state index contributed by atoms with van der Waals surface area (Å²) < 4.78 is 32.3. The molecule has 3 aromatic rings. The molecule has 1 heterocycles. The number of carbonyl (C=O) groups is 2. The Morgan fingerprint density at radius 3 is 2.53 bits per heavy atom. The van der Waals surface area contributed by atoms with Crippen molar-refractivity contribution < 1.29 is 22.8 Å². The lowest BCUT2D eigenvalue weighted by Crippen LogP contribution is -2.37. The summed E-state index contributed by atoms with van der Waals surface area (Å²) in [6, 6.07) is 11.9. The Labute approximate surface area is 172 Å². The van der Waals surface area contributed by atoms with E-state index in [2.05, 4.69) is 10.3 Å². The van der Waals surface area contributed by atoms with Crippen LogP contribution in [0.5, 0.6) is 0 Å². The zero-order valence-corrected chi connectivity index (χ0v) is 16.1. The molecule has 3 N–H and O–H groups in total. The number of rotatable bonds is 9. The fraction of sp³-hybridized carbons (Fsp3) is 0.227. The number of hydrogen-bond acceptors (Lipinski definition) is 4. The molecule has 2 aromatic carbocycles. The van der Waals surface area contributed by atoms with Crippen LogP contribution in [0.15, 0.2) is 59.1 Å². The molecule has 8 heteroatoms. The van der Waals surface area contributed by atoms with E-state index >= 15 is 0 Å². The van der Waals surface area contributed by atoms with Crippen molar-refractivity contribution in [2.45, 2.75) is 19.3 Å². The van der Waals surface area contributed by atoms with Crippen LogP contribution >= 0.6 is 0 Å². The molecule has 0 radical (unpaired) electrons. The van der Waals surface area contributed by atoms with Crippen LogP contribution in [-0.4, -0.2) is 23.3 Å². The number of hydrogen-bond donors (Lipinski definition) is 2. The summed E-state index contributed by atoms with van der Waals surface area (Å²) in [5.74, 6) is -1.66. The van der Waals surface area contributed by atoms with E-state index in [-0.39, 0.29) is 36.9 Å². The lowest BCUT2D eigenvalue weighted by Gasteiger charge is -2.14. The van der Waals surface area contributed by atoms with Gasteiger partial charge < -0.3 is 15.5 Å². The number of primary amides is 1. The van der Waals surface area contributed by atoms with Gasteiger partial charge in [0.2, 0.25) is 11.8 Å². The van der Waals surface area contributed by atoms with Crippen LogP contribution in [0.2, 0.25) is 0 Å². The van der Waals surface area contributed by atoms with Gasteiger partial charge in [0.05, 0.1) is 17.7 Å². The van der Waals surface area contributed by atoms with Gasteiger partial charge in [-0.25, -0.2) is 13.8 Å². The summed E-state index contributed by atoms with van der Waals surface area (Å²) in [5, 5.41) is 2.67. The van der Waals surface area contributed by atoms with Crippen LogP contribution < -0.4 is 11.1 Å². The number of nitrogens with one attached hydrogen (secondary N) is 1. The first-order chi connectivity index (χ1) is 14.4. The molecule has 3 rings (SSSR count). The second-order valence-electron chi connectivity index (χ2n) is 6.83. The van der Waals surface area contributed by atoms with Crippen LogP contribution in [0.1, 0.15) is 17.9 Å². The number of amides is 2. The van der Waals surface area contributed by atoms with Crippen LogP contribution in [-0.2, 0) is 22.4 Å². The Morgan fingerprint density at radius 1 is 1.10 bits per heavy atom. The van der Waals surface area contributed by atoms with Crippen molar-refractivity contribution in [3.63, 3.8) is 0 Å². The van der Waals surface area contributed by atoms with Gasteiger partial charge in [0, 0.05) is 19.4 Å². The van der Waals surface area contributed by atoms with Gasteiger partial charge in [0.15, 0.2) is 11.7 Å². The number of benzene rings is 2. The quantitative estimate of drug-likeness (QED) is 0.563. The van der Waals surface area contributed by atoms with Gasteiger partial charge in [-0.05, 0) is 36.2 Å². The number of aryl methyl sites for hydroxylation is 1. The lowest BCUT2D eigenvalue weighted by atomic mass is 9.98. The largest absolute Gasteiger partial charge is 0.441 e. The molecule has 0 bridgehead atoms. The number of nitrogens with two attached hydrogens (primary N) is 1. The Hall–Kier alpha value is -3.55. The first-order valence-electron chi connectivity index (χ1n) is 9.42. The molecule has 0 spiro atoms. The standard InChI is InChI=1S/C22H21F2N3O3/c23-16-7-5-14(6-8-16)11-15(22(25)29)12-26-20(28)9-10-21-27-13-19(30-21)17-3-1-2-4-18(17)24/h1-8,13,15H,9-12H2,(H2,25,29)(H,26,28). The van der Waals surface area contributed by atoms with E-state index in [0.29, 0.717) is 17.9 Å². The maximum absolute atomic E-state index is 13.8. The molecule has 0 aliphatic heterocycles. The van der Waals surface area contributed by atoms with E-state index in [9.17, 15) is 18.4 Å². The summed E-state index contributed by atoms with van der Waals surface area (Å²) in [7, 11) is 0. The highest BCUT2D eigenvalue weighted by Gasteiger charge is 2.18. The highest BCUT2D eigenvalue weighted by atomic mass is 19.1. The molecule has 0 aliphatic carbocycles. The van der Waals surface area contributed by atoms with Gasteiger partial charge in [-0.1, -0.05) is 24.3 Å². The molecule has 0 fully saturated rings. The van der Waals surface area contributed by atoms with Crippen molar-refractivity contribution in [2.75, 3.05) is 6.54 Å². The monoisotopic (exact) mass is 413 g/mol. The van der Waals surface area contributed by atoms with Crippen LogP contribution in [0.25, 0.3) is 11.3 Å². The van der Waals surface area contributed by atoms with E-state index in [1.165, 1.54) is 24.4 Å². The zero-order chi connectivity index (χ0) is 21.5. The molecule has 1 aromatic heterocycles. The Kier molecular flexibility index (Phi) is 6.90. The van der Waals surface area contributed by atoms with Crippen molar-refractivity contribution in [2.24, 2.45) is 11.7 Å². The maximum Gasteiger partial charge on any atom is 0.222 e. The van der Waals surface area contributed by atoms with Crippen molar-refractivity contribution in [3.05, 3.63) is 77.8 Å². The molecule has 156 valence electrons. The second kappa shape index (κ2) is 9.78. The first-order valence-corrected chi connectivity index (χ1v) is 9.42. The van der Waals surface area contributed by atoms with Crippen molar-refractivity contribution in [1.29, 1.82) is 0 Å². The number of halogens is 2. The van der Waals surface area contributed by atoms with Gasteiger partial charge >= 0.3 is 0 Å². The van der Waals surface area contributed by atoms with Gasteiger partial charge in [-0.2, -0.15) is 0 Å². The topological polar surface area (TPSA) is 98.2 Å². The third-order valence-electron chi connectivity index (χ3n) is 4.60. The molecule has 0 saturated carbocycles. The summed E-state index contributed by atoms with van der Waals surface area (Å²) in [4.78, 5) is 27.9. The Bertz CT molecular complexity index is 1020. The predicted molar refractivity (Wildman–Crippen MR) is 106 cm³/mol. The summed E-state index contributed by atoms with van der Waals surface area (Å²) in [6.07, 6.45) is 2.01. The van der Waals surface area contributed by atoms with E-state index in [4.69, 9.17) is 10.2 Å². The van der Waals surface area contributed by atoms with Gasteiger partial charge in [0.1, 0.15) is 11.6 Å². The average molecular weight is 413 g/mol. The van der Waals surface area contributed by atoms with Gasteiger partial charge in [0.25, 0.3) is 0 Å². The normalized spacial score (nSPS) is 11.8. The highest BCUT2D eigenvalue weighted by molar-refractivity contribution is 5.80. The third kappa shape index (κ3) is 5.73. The smallest absolute Gasteiger partial charge is 0.222 e. The average Bonchev–Trinajstić information content (AvgIpc) is 3.20. The van der Waals surface area contributed by atoms with Crippen molar-refractivity contribution in [3.8, 4) is 11.3 Å². The number of oxazole rings is 1. The first kappa shape index (κ1) is 21.2. The van der Waals surface area contributed by atoms with Gasteiger partial charge in [-0.3, -0.25) is 9.59 Å². The minimum absolute atomic E-state index is 0.0671. The molecular weight excluding hydrogens is 392 g/mol. The molecule has 1 atom stereocenters. The Morgan fingerprint density at radius 2 is 1.83 bits per heavy atom. The molecule has 1 unspecified atom stereocenters. The van der Waals surface area contributed by atoms with Crippen LogP contribution in [0, 0.1) is 17.6 Å². The molecular formula is C22H21F2N3O3. The Balaban J connectivity index is 1.49. The predicted octanol–water partition coefficient (Wildman–Crippen LogP) is 3.01. The van der Waals surface area contributed by atoms with E-state index in [1.807, 2.05) is 0 Å². The van der Waals surface area contributed by atoms with Crippen LogP contribution in [0.3, 0.4) is 0 Å². The number of aromatic nitrogens is 1. The molecule has 2 amide bonds. The fourth-order valence-corrected chi connectivity index (χ4v) is 2.94. The van der Waals surface area contributed by atoms with Crippen LogP contribution in [0.4, 0.5) is 8.78 Å². The lowest BCUT2D eigenvalue weighted by molar-refractivity contribution is -0.123. The zero-order valence-electron chi connectivity index (χ0n) is 16.1. The number of nitrogens with zero attached hydrogens (tertiary/aromatic N) is 1. The highest BCUT2D eigenvalue weighted by Crippen LogP contribution is 2.23. The van der Waals surface area contributed by atoms with E-state index in [1.54, 1.807) is 30.3 Å². The summed E-state index contributed by atoms with van der Waals surface area (Å²) in [5.41, 5.74) is 6.46. The summed E-state index contributed by atoms with van der Waals surface area (Å²) in [6.45, 7) is 0.0671. The third-order valence-corrected chi connectivity index (χ3v) is 4.60. The maximum atomic E-state index is 13.8. The number of carbonyl (C=O) groups excluding carboxylic acids is 2. The summed E-state index contributed by atoms with van der Waals surface area (Å²) >= 11 is 0. The van der Waals surface area contributed by atoms with Crippen molar-refractivity contribution in [1.82, 2.24) is 10.3 Å². The van der Waals surface area contributed by atoms with E-state index < -0.39 is 17.6 Å². The SMILES string of the molecule is NC(=O)C(CNC(=O)CCc1ncc(-c2ccccc2F)o1)Cc1ccc(F)cc1. The minimum atomic E-state index is -0.617. The van der Waals surface area contributed by atoms with Crippen molar-refractivity contribution >= 4 is 11.8 Å². The molecule has 30 heavy (non-hydrogen) atoms. The second-order valence-corrected chi connectivity index (χ2v) is 6.83. The molecule has 0 aliphatic rings.